The van der Waals surface area contributed by atoms with E-state index in [4.69, 9.17) is 0 Å². The fraction of sp³-hybridized carbons (Fsp3) is 0.364. The monoisotopic (exact) mass is 365 g/mol. The Morgan fingerprint density at radius 3 is 1.89 bits per heavy atom. The normalized spacial score (nSPS) is 15.0. The topological polar surface area (TPSA) is 52.7 Å². The highest BCUT2D eigenvalue weighted by molar-refractivity contribution is 5.87. The van der Waals surface area contributed by atoms with E-state index in [0.717, 1.165) is 43.9 Å². The van der Waals surface area contributed by atoms with Gasteiger partial charge in [0.25, 0.3) is 0 Å². The van der Waals surface area contributed by atoms with Gasteiger partial charge < -0.3 is 10.2 Å². The molecule has 0 aliphatic carbocycles. The fourth-order valence-corrected chi connectivity index (χ4v) is 3.53. The second-order valence-electron chi connectivity index (χ2n) is 6.90. The van der Waals surface area contributed by atoms with E-state index >= 15 is 0 Å². The molecule has 1 heterocycles. The number of hydrogen-bond donors (Lipinski definition) is 1. The predicted molar refractivity (Wildman–Crippen MR) is 106 cm³/mol. The number of nitrogens with one attached hydrogen (secondary N) is 1. The maximum absolute atomic E-state index is 13.4. The minimum Gasteiger partial charge on any atom is -0.355 e. The molecule has 2 aromatic carbocycles. The molecule has 0 bridgehead atoms. The molecule has 0 unspecified atom stereocenters. The number of rotatable bonds is 6. The predicted octanol–water partition coefficient (Wildman–Crippen LogP) is 2.10. The highest BCUT2D eigenvalue weighted by Crippen LogP contribution is 2.27. The number of carbonyl (C=O) groups is 2. The summed E-state index contributed by atoms with van der Waals surface area (Å²) in [6.45, 7) is 6.11. The van der Waals surface area contributed by atoms with E-state index in [-0.39, 0.29) is 17.7 Å². The molecule has 1 N–H and O–H groups in total. The number of piperazine rings is 1. The summed E-state index contributed by atoms with van der Waals surface area (Å²) in [6.07, 6.45) is 0. The van der Waals surface area contributed by atoms with Gasteiger partial charge in [0.15, 0.2) is 0 Å². The highest BCUT2D eigenvalue weighted by Gasteiger charge is 2.29. The summed E-state index contributed by atoms with van der Waals surface area (Å²) in [7, 11) is 0. The zero-order valence-electron chi connectivity index (χ0n) is 15.8. The Balaban J connectivity index is 1.66. The number of hydrogen-bond acceptors (Lipinski definition) is 3. The molecule has 0 radical (unpaired) electrons. The zero-order valence-corrected chi connectivity index (χ0v) is 15.8. The minimum absolute atomic E-state index is 0.00243. The van der Waals surface area contributed by atoms with Crippen molar-refractivity contribution < 1.29 is 9.59 Å². The molecule has 142 valence electrons. The number of amides is 2. The summed E-state index contributed by atoms with van der Waals surface area (Å²) in [5.74, 6) is -0.107. The van der Waals surface area contributed by atoms with Crippen LogP contribution < -0.4 is 5.32 Å². The van der Waals surface area contributed by atoms with Gasteiger partial charge in [0.05, 0.1) is 5.92 Å². The van der Waals surface area contributed by atoms with Crippen molar-refractivity contribution in [2.45, 2.75) is 12.8 Å². The number of nitrogens with zero attached hydrogens (tertiary/aromatic N) is 2. The zero-order chi connectivity index (χ0) is 19.1. The van der Waals surface area contributed by atoms with Gasteiger partial charge in [-0.05, 0) is 11.1 Å². The van der Waals surface area contributed by atoms with Crippen molar-refractivity contribution in [3.05, 3.63) is 71.8 Å². The van der Waals surface area contributed by atoms with Gasteiger partial charge in [0.1, 0.15) is 0 Å². The van der Waals surface area contributed by atoms with Crippen molar-refractivity contribution in [1.29, 1.82) is 0 Å². The summed E-state index contributed by atoms with van der Waals surface area (Å²) in [6, 6.07) is 20.0. The van der Waals surface area contributed by atoms with Crippen molar-refractivity contribution in [1.82, 2.24) is 15.1 Å². The third kappa shape index (κ3) is 5.17. The summed E-state index contributed by atoms with van der Waals surface area (Å²) >= 11 is 0. The van der Waals surface area contributed by atoms with E-state index in [0.29, 0.717) is 6.54 Å². The molecular formula is C22H27N3O2. The van der Waals surface area contributed by atoms with E-state index in [1.54, 1.807) is 0 Å². The quantitative estimate of drug-likeness (QED) is 0.853. The van der Waals surface area contributed by atoms with Crippen LogP contribution in [0.25, 0.3) is 0 Å². The molecule has 2 aromatic rings. The number of carbonyl (C=O) groups excluding carboxylic acids is 2. The molecule has 2 amide bonds. The van der Waals surface area contributed by atoms with Crippen molar-refractivity contribution in [2.75, 3.05) is 39.3 Å². The molecule has 1 fully saturated rings. The lowest BCUT2D eigenvalue weighted by molar-refractivity contribution is -0.133. The molecule has 1 aliphatic rings. The van der Waals surface area contributed by atoms with Gasteiger partial charge in [-0.2, -0.15) is 0 Å². The maximum atomic E-state index is 13.4. The number of benzene rings is 2. The van der Waals surface area contributed by atoms with Crippen LogP contribution in [0, 0.1) is 0 Å². The smallest absolute Gasteiger partial charge is 0.234 e. The summed E-state index contributed by atoms with van der Waals surface area (Å²) in [5.41, 5.74) is 2.06. The van der Waals surface area contributed by atoms with Crippen LogP contribution in [0.5, 0.6) is 0 Å². The van der Waals surface area contributed by atoms with Crippen molar-refractivity contribution in [2.24, 2.45) is 0 Å². The SMILES string of the molecule is CC(=O)NCCN1CCN(C(=O)C(c2ccccc2)c2ccccc2)CC1. The Morgan fingerprint density at radius 1 is 0.889 bits per heavy atom. The van der Waals surface area contributed by atoms with Gasteiger partial charge >= 0.3 is 0 Å². The fourth-order valence-electron chi connectivity index (χ4n) is 3.53. The Labute approximate surface area is 161 Å². The molecule has 0 atom stereocenters. The van der Waals surface area contributed by atoms with Crippen LogP contribution >= 0.6 is 0 Å². The molecule has 1 aliphatic heterocycles. The van der Waals surface area contributed by atoms with Crippen LogP contribution in [0.2, 0.25) is 0 Å². The van der Waals surface area contributed by atoms with Gasteiger partial charge in [-0.1, -0.05) is 60.7 Å². The Hall–Kier alpha value is -2.66. The molecule has 27 heavy (non-hydrogen) atoms. The van der Waals surface area contributed by atoms with Crippen LogP contribution in [0.3, 0.4) is 0 Å². The Kier molecular flexibility index (Phi) is 6.60. The first kappa shape index (κ1) is 19.1. The van der Waals surface area contributed by atoms with Gasteiger partial charge in [0, 0.05) is 46.2 Å². The first-order chi connectivity index (χ1) is 13.1. The lowest BCUT2D eigenvalue weighted by atomic mass is 9.90. The maximum Gasteiger partial charge on any atom is 0.234 e. The summed E-state index contributed by atoms with van der Waals surface area (Å²) in [4.78, 5) is 28.6. The van der Waals surface area contributed by atoms with Crippen LogP contribution in [0.4, 0.5) is 0 Å². The first-order valence-corrected chi connectivity index (χ1v) is 9.50. The Morgan fingerprint density at radius 2 is 1.41 bits per heavy atom. The van der Waals surface area contributed by atoms with Crippen molar-refractivity contribution in [3.8, 4) is 0 Å². The average molecular weight is 365 g/mol. The molecule has 0 saturated carbocycles. The molecule has 5 nitrogen and oxygen atoms in total. The van der Waals surface area contributed by atoms with E-state index in [2.05, 4.69) is 10.2 Å². The van der Waals surface area contributed by atoms with Crippen molar-refractivity contribution in [3.63, 3.8) is 0 Å². The second kappa shape index (κ2) is 9.33. The summed E-state index contributed by atoms with van der Waals surface area (Å²) < 4.78 is 0. The second-order valence-corrected chi connectivity index (χ2v) is 6.90. The molecule has 3 rings (SSSR count). The van der Waals surface area contributed by atoms with Gasteiger partial charge in [-0.3, -0.25) is 14.5 Å². The third-order valence-corrected chi connectivity index (χ3v) is 5.00. The lowest BCUT2D eigenvalue weighted by Gasteiger charge is -2.36. The highest BCUT2D eigenvalue weighted by atomic mass is 16.2. The Bertz CT molecular complexity index is 701. The van der Waals surface area contributed by atoms with E-state index in [9.17, 15) is 9.59 Å². The molecular weight excluding hydrogens is 338 g/mol. The summed E-state index contributed by atoms with van der Waals surface area (Å²) in [5, 5.41) is 2.83. The average Bonchev–Trinajstić information content (AvgIpc) is 2.70. The van der Waals surface area contributed by atoms with E-state index in [1.807, 2.05) is 65.6 Å². The van der Waals surface area contributed by atoms with Gasteiger partial charge in [-0.25, -0.2) is 0 Å². The molecule has 0 aromatic heterocycles. The van der Waals surface area contributed by atoms with Gasteiger partial charge in [0.2, 0.25) is 11.8 Å². The molecule has 5 heteroatoms. The third-order valence-electron chi connectivity index (χ3n) is 5.00. The lowest BCUT2D eigenvalue weighted by Crippen LogP contribution is -2.51. The first-order valence-electron chi connectivity index (χ1n) is 9.50. The largest absolute Gasteiger partial charge is 0.355 e. The van der Waals surface area contributed by atoms with Gasteiger partial charge in [-0.15, -0.1) is 0 Å². The standard InChI is InChI=1S/C22H27N3O2/c1-18(26)23-12-13-24-14-16-25(17-15-24)22(27)21(19-8-4-2-5-9-19)20-10-6-3-7-11-20/h2-11,21H,12-17H2,1H3,(H,23,26). The van der Waals surface area contributed by atoms with Crippen LogP contribution in [-0.4, -0.2) is 60.9 Å². The van der Waals surface area contributed by atoms with Crippen LogP contribution in [0.15, 0.2) is 60.7 Å². The van der Waals surface area contributed by atoms with E-state index in [1.165, 1.54) is 6.92 Å². The molecule has 1 saturated heterocycles. The minimum atomic E-state index is -0.265. The van der Waals surface area contributed by atoms with Crippen molar-refractivity contribution >= 4 is 11.8 Å². The van der Waals surface area contributed by atoms with E-state index < -0.39 is 0 Å². The van der Waals surface area contributed by atoms with Crippen LogP contribution in [-0.2, 0) is 9.59 Å². The van der Waals surface area contributed by atoms with Crippen LogP contribution in [0.1, 0.15) is 24.0 Å². The molecule has 0 spiro atoms.